The van der Waals surface area contributed by atoms with Gasteiger partial charge in [0.1, 0.15) is 5.60 Å². The number of esters is 1. The molecule has 1 aliphatic heterocycles. The predicted octanol–water partition coefficient (Wildman–Crippen LogP) is 3.64. The summed E-state index contributed by atoms with van der Waals surface area (Å²) in [5.41, 5.74) is 1.54. The molecule has 0 saturated heterocycles. The first-order chi connectivity index (χ1) is 10.8. The number of fused-ring (bicyclic) bond motifs is 1. The Morgan fingerprint density at radius 2 is 2.04 bits per heavy atom. The minimum atomic E-state index is -0.507. The van der Waals surface area contributed by atoms with Gasteiger partial charge in [-0.25, -0.2) is 4.79 Å². The Morgan fingerprint density at radius 3 is 2.70 bits per heavy atom. The molecule has 2 rings (SSSR count). The maximum atomic E-state index is 12.3. The zero-order valence-corrected chi connectivity index (χ0v) is 14.9. The van der Waals surface area contributed by atoms with Gasteiger partial charge in [-0.15, -0.1) is 11.8 Å². The van der Waals surface area contributed by atoms with Crippen molar-refractivity contribution >= 4 is 29.5 Å². The average Bonchev–Trinajstić information content (AvgIpc) is 2.90. The highest BCUT2D eigenvalue weighted by molar-refractivity contribution is 7.99. The number of methoxy groups -OCH3 is 1. The molecule has 1 aromatic rings. The van der Waals surface area contributed by atoms with Gasteiger partial charge < -0.3 is 9.47 Å². The quantitative estimate of drug-likeness (QED) is 0.620. The van der Waals surface area contributed by atoms with Crippen molar-refractivity contribution in [1.29, 1.82) is 0 Å². The summed E-state index contributed by atoms with van der Waals surface area (Å²) < 4.78 is 10.1. The molecular formula is C17H23NO4S. The maximum absolute atomic E-state index is 12.3. The molecular weight excluding hydrogens is 314 g/mol. The number of carbonyl (C=O) groups is 2. The number of hydrogen-bond donors (Lipinski definition) is 0. The standard InChI is InChI=1S/C17H23NO4S/c1-17(2,3)22-16(20)18-10-8-12-13(18)6-5-7-14(12)23-11-9-15(19)21-4/h5-7H,8-11H2,1-4H3. The molecule has 1 aromatic carbocycles. The van der Waals surface area contributed by atoms with E-state index in [1.165, 1.54) is 7.11 Å². The minimum absolute atomic E-state index is 0.208. The van der Waals surface area contributed by atoms with Crippen molar-refractivity contribution in [2.45, 2.75) is 44.1 Å². The highest BCUT2D eigenvalue weighted by Gasteiger charge is 2.30. The van der Waals surface area contributed by atoms with E-state index in [0.29, 0.717) is 18.7 Å². The van der Waals surface area contributed by atoms with Crippen LogP contribution in [0.2, 0.25) is 0 Å². The lowest BCUT2D eigenvalue weighted by Crippen LogP contribution is -2.35. The van der Waals surface area contributed by atoms with Crippen LogP contribution in [0.4, 0.5) is 10.5 Å². The van der Waals surface area contributed by atoms with Crippen LogP contribution < -0.4 is 4.90 Å². The van der Waals surface area contributed by atoms with Gasteiger partial charge in [-0.05, 0) is 44.9 Å². The molecule has 0 fully saturated rings. The first-order valence-electron chi connectivity index (χ1n) is 7.64. The second-order valence-electron chi connectivity index (χ2n) is 6.31. The number of nitrogens with zero attached hydrogens (tertiary/aromatic N) is 1. The zero-order chi connectivity index (χ0) is 17.0. The molecule has 0 aromatic heterocycles. The van der Waals surface area contributed by atoms with Crippen LogP contribution in [-0.2, 0) is 20.7 Å². The molecule has 6 heteroatoms. The van der Waals surface area contributed by atoms with Crippen LogP contribution in [0.5, 0.6) is 0 Å². The van der Waals surface area contributed by atoms with E-state index in [1.807, 2.05) is 39.0 Å². The molecule has 1 heterocycles. The molecule has 5 nitrogen and oxygen atoms in total. The topological polar surface area (TPSA) is 55.8 Å². The third kappa shape index (κ3) is 4.64. The number of anilines is 1. The van der Waals surface area contributed by atoms with Crippen LogP contribution in [0.15, 0.2) is 23.1 Å². The first-order valence-corrected chi connectivity index (χ1v) is 8.62. The van der Waals surface area contributed by atoms with Crippen LogP contribution in [0.25, 0.3) is 0 Å². The van der Waals surface area contributed by atoms with Gasteiger partial charge in [-0.2, -0.15) is 0 Å². The Morgan fingerprint density at radius 1 is 1.30 bits per heavy atom. The summed E-state index contributed by atoms with van der Waals surface area (Å²) in [5.74, 6) is 0.454. The van der Waals surface area contributed by atoms with Crippen LogP contribution in [-0.4, -0.2) is 37.1 Å². The smallest absolute Gasteiger partial charge is 0.414 e. The van der Waals surface area contributed by atoms with Crippen molar-refractivity contribution in [3.05, 3.63) is 23.8 Å². The van der Waals surface area contributed by atoms with Gasteiger partial charge in [0.2, 0.25) is 0 Å². The van der Waals surface area contributed by atoms with Gasteiger partial charge in [-0.1, -0.05) is 6.07 Å². The molecule has 23 heavy (non-hydrogen) atoms. The number of ether oxygens (including phenoxy) is 2. The summed E-state index contributed by atoms with van der Waals surface area (Å²) in [5, 5.41) is 0. The lowest BCUT2D eigenvalue weighted by Gasteiger charge is -2.24. The van der Waals surface area contributed by atoms with Gasteiger partial charge in [0, 0.05) is 17.2 Å². The van der Waals surface area contributed by atoms with Crippen LogP contribution >= 0.6 is 11.8 Å². The maximum Gasteiger partial charge on any atom is 0.414 e. The minimum Gasteiger partial charge on any atom is -0.469 e. The molecule has 0 spiro atoms. The highest BCUT2D eigenvalue weighted by atomic mass is 32.2. The fourth-order valence-electron chi connectivity index (χ4n) is 2.39. The Bertz CT molecular complexity index is 595. The van der Waals surface area contributed by atoms with Crippen molar-refractivity contribution in [3.63, 3.8) is 0 Å². The fourth-order valence-corrected chi connectivity index (χ4v) is 3.43. The Labute approximate surface area is 141 Å². The van der Waals surface area contributed by atoms with Gasteiger partial charge >= 0.3 is 12.1 Å². The van der Waals surface area contributed by atoms with Crippen molar-refractivity contribution in [2.24, 2.45) is 0 Å². The van der Waals surface area contributed by atoms with Crippen molar-refractivity contribution in [1.82, 2.24) is 0 Å². The third-order valence-corrected chi connectivity index (χ3v) is 4.49. The summed E-state index contributed by atoms with van der Waals surface area (Å²) in [6.07, 6.45) is 0.865. The lowest BCUT2D eigenvalue weighted by atomic mass is 10.2. The number of thioether (sulfide) groups is 1. The number of hydrogen-bond acceptors (Lipinski definition) is 5. The summed E-state index contributed by atoms with van der Waals surface area (Å²) >= 11 is 1.62. The molecule has 1 aliphatic rings. The number of rotatable bonds is 4. The highest BCUT2D eigenvalue weighted by Crippen LogP contribution is 2.36. The second kappa shape index (κ2) is 7.25. The van der Waals surface area contributed by atoms with E-state index >= 15 is 0 Å². The monoisotopic (exact) mass is 337 g/mol. The largest absolute Gasteiger partial charge is 0.469 e. The molecule has 0 atom stereocenters. The van der Waals surface area contributed by atoms with E-state index in [9.17, 15) is 9.59 Å². The summed E-state index contributed by atoms with van der Waals surface area (Å²) in [7, 11) is 1.39. The molecule has 126 valence electrons. The van der Waals surface area contributed by atoms with E-state index in [2.05, 4.69) is 4.74 Å². The summed E-state index contributed by atoms with van der Waals surface area (Å²) in [6.45, 7) is 6.21. The average molecular weight is 337 g/mol. The van der Waals surface area contributed by atoms with Gasteiger partial charge in [0.15, 0.2) is 0 Å². The van der Waals surface area contributed by atoms with Crippen LogP contribution in [0, 0.1) is 0 Å². The van der Waals surface area contributed by atoms with Crippen molar-refractivity contribution < 1.29 is 19.1 Å². The van der Waals surface area contributed by atoms with Gasteiger partial charge in [0.25, 0.3) is 0 Å². The molecule has 0 radical (unpaired) electrons. The molecule has 0 saturated carbocycles. The van der Waals surface area contributed by atoms with Gasteiger partial charge in [-0.3, -0.25) is 9.69 Å². The normalized spacial score (nSPS) is 13.7. The lowest BCUT2D eigenvalue weighted by molar-refractivity contribution is -0.140. The Balaban J connectivity index is 2.08. The number of amides is 1. The molecule has 0 unspecified atom stereocenters. The van der Waals surface area contributed by atoms with E-state index in [1.54, 1.807) is 16.7 Å². The van der Waals surface area contributed by atoms with Crippen LogP contribution in [0.3, 0.4) is 0 Å². The predicted molar refractivity (Wildman–Crippen MR) is 91.1 cm³/mol. The van der Waals surface area contributed by atoms with E-state index in [4.69, 9.17) is 4.74 Å². The molecule has 0 aliphatic carbocycles. The summed E-state index contributed by atoms with van der Waals surface area (Å²) in [4.78, 5) is 26.3. The van der Waals surface area contributed by atoms with Crippen molar-refractivity contribution in [2.75, 3.05) is 24.3 Å². The van der Waals surface area contributed by atoms with E-state index in [-0.39, 0.29) is 12.1 Å². The summed E-state index contributed by atoms with van der Waals surface area (Å²) in [6, 6.07) is 5.90. The fraction of sp³-hybridized carbons (Fsp3) is 0.529. The third-order valence-electron chi connectivity index (χ3n) is 3.39. The number of carbonyl (C=O) groups excluding carboxylic acids is 2. The van der Waals surface area contributed by atoms with E-state index in [0.717, 1.165) is 22.6 Å². The molecule has 1 amide bonds. The van der Waals surface area contributed by atoms with E-state index < -0.39 is 5.60 Å². The van der Waals surface area contributed by atoms with Crippen LogP contribution in [0.1, 0.15) is 32.8 Å². The van der Waals surface area contributed by atoms with Gasteiger partial charge in [0.05, 0.1) is 19.2 Å². The molecule has 0 N–H and O–H groups in total. The molecule has 0 bridgehead atoms. The number of benzene rings is 1. The Hall–Kier alpha value is -1.69. The Kier molecular flexibility index (Phi) is 5.57. The first kappa shape index (κ1) is 17.7. The van der Waals surface area contributed by atoms with Crippen molar-refractivity contribution in [3.8, 4) is 0 Å². The SMILES string of the molecule is COC(=O)CCSc1cccc2c1CCN2C(=O)OC(C)(C)C. The zero-order valence-electron chi connectivity index (χ0n) is 14.0. The second-order valence-corrected chi connectivity index (χ2v) is 7.45.